The van der Waals surface area contributed by atoms with Crippen molar-refractivity contribution in [3.8, 4) is 0 Å². The van der Waals surface area contributed by atoms with Crippen molar-refractivity contribution in [2.75, 3.05) is 33.4 Å². The van der Waals surface area contributed by atoms with Crippen LogP contribution in [0.25, 0.3) is 0 Å². The molecule has 0 saturated carbocycles. The Balaban J connectivity index is 2.33. The molecular weight excluding hydrogens is 212 g/mol. The molecule has 1 saturated heterocycles. The summed E-state index contributed by atoms with van der Waals surface area (Å²) >= 11 is 0. The van der Waals surface area contributed by atoms with E-state index in [4.69, 9.17) is 4.74 Å². The first-order chi connectivity index (χ1) is 7.87. The summed E-state index contributed by atoms with van der Waals surface area (Å²) in [5.41, 5.74) is 0.541. The van der Waals surface area contributed by atoms with Gasteiger partial charge in [-0.25, -0.2) is 0 Å². The molecule has 0 unspecified atom stereocenters. The zero-order valence-electron chi connectivity index (χ0n) is 12.2. The van der Waals surface area contributed by atoms with Crippen LogP contribution >= 0.6 is 0 Å². The molecule has 1 fully saturated rings. The second-order valence-corrected chi connectivity index (χ2v) is 6.61. The van der Waals surface area contributed by atoms with Crippen LogP contribution in [-0.2, 0) is 4.74 Å². The highest BCUT2D eigenvalue weighted by atomic mass is 16.5. The minimum atomic E-state index is 0.172. The molecule has 0 aromatic rings. The van der Waals surface area contributed by atoms with E-state index >= 15 is 0 Å². The Morgan fingerprint density at radius 3 is 2.18 bits per heavy atom. The van der Waals surface area contributed by atoms with Crippen LogP contribution in [0.1, 0.15) is 40.5 Å². The minimum absolute atomic E-state index is 0.172. The van der Waals surface area contributed by atoms with E-state index in [-0.39, 0.29) is 5.54 Å². The molecule has 1 rings (SSSR count). The lowest BCUT2D eigenvalue weighted by Crippen LogP contribution is -2.48. The average molecular weight is 242 g/mol. The molecule has 102 valence electrons. The lowest BCUT2D eigenvalue weighted by Gasteiger charge is -2.38. The maximum atomic E-state index is 5.44. The number of hydrogen-bond donors (Lipinski definition) is 2. The summed E-state index contributed by atoms with van der Waals surface area (Å²) < 4.78 is 5.44. The van der Waals surface area contributed by atoms with E-state index in [9.17, 15) is 0 Å². The SMILES string of the molecule is CNC(C)(C)CNCC(C)(C)C1CCOCC1. The second kappa shape index (κ2) is 6.17. The Morgan fingerprint density at radius 1 is 1.06 bits per heavy atom. The molecular formula is C14H30N2O. The summed E-state index contributed by atoms with van der Waals surface area (Å²) in [6, 6.07) is 0. The first-order valence-corrected chi connectivity index (χ1v) is 6.85. The van der Waals surface area contributed by atoms with Gasteiger partial charge in [-0.05, 0) is 45.1 Å². The predicted octanol–water partition coefficient (Wildman–Crippen LogP) is 2.03. The average Bonchev–Trinajstić information content (AvgIpc) is 2.30. The van der Waals surface area contributed by atoms with E-state index in [1.54, 1.807) is 0 Å². The Labute approximate surface area is 107 Å². The van der Waals surface area contributed by atoms with Crippen LogP contribution in [0.4, 0.5) is 0 Å². The van der Waals surface area contributed by atoms with Crippen molar-refractivity contribution in [1.29, 1.82) is 0 Å². The number of hydrogen-bond acceptors (Lipinski definition) is 3. The molecule has 3 nitrogen and oxygen atoms in total. The summed E-state index contributed by atoms with van der Waals surface area (Å²) in [7, 11) is 2.02. The molecule has 0 aromatic heterocycles. The Hall–Kier alpha value is -0.120. The van der Waals surface area contributed by atoms with Gasteiger partial charge in [0.25, 0.3) is 0 Å². The van der Waals surface area contributed by atoms with Gasteiger partial charge < -0.3 is 15.4 Å². The van der Waals surface area contributed by atoms with Crippen molar-refractivity contribution >= 4 is 0 Å². The fraction of sp³-hybridized carbons (Fsp3) is 1.00. The van der Waals surface area contributed by atoms with Crippen LogP contribution in [0.2, 0.25) is 0 Å². The second-order valence-electron chi connectivity index (χ2n) is 6.61. The third-order valence-corrected chi connectivity index (χ3v) is 4.15. The third kappa shape index (κ3) is 4.94. The lowest BCUT2D eigenvalue weighted by atomic mass is 9.74. The topological polar surface area (TPSA) is 33.3 Å². The van der Waals surface area contributed by atoms with Crippen molar-refractivity contribution < 1.29 is 4.74 Å². The predicted molar refractivity (Wildman–Crippen MR) is 73.3 cm³/mol. The van der Waals surface area contributed by atoms with Crippen LogP contribution in [0, 0.1) is 11.3 Å². The quantitative estimate of drug-likeness (QED) is 0.748. The van der Waals surface area contributed by atoms with Gasteiger partial charge in [-0.15, -0.1) is 0 Å². The summed E-state index contributed by atoms with van der Waals surface area (Å²) in [5, 5.41) is 6.94. The van der Waals surface area contributed by atoms with Gasteiger partial charge in [-0.2, -0.15) is 0 Å². The molecule has 0 radical (unpaired) electrons. The summed E-state index contributed by atoms with van der Waals surface area (Å²) in [5.74, 6) is 0.793. The van der Waals surface area contributed by atoms with Crippen LogP contribution in [0.15, 0.2) is 0 Å². The summed E-state index contributed by atoms with van der Waals surface area (Å²) in [6.45, 7) is 13.2. The van der Waals surface area contributed by atoms with E-state index in [0.29, 0.717) is 5.41 Å². The fourth-order valence-electron chi connectivity index (χ4n) is 2.41. The molecule has 1 heterocycles. The van der Waals surface area contributed by atoms with Gasteiger partial charge in [0.2, 0.25) is 0 Å². The minimum Gasteiger partial charge on any atom is -0.381 e. The van der Waals surface area contributed by atoms with Crippen molar-refractivity contribution in [3.05, 3.63) is 0 Å². The van der Waals surface area contributed by atoms with E-state index in [2.05, 4.69) is 38.3 Å². The number of rotatable bonds is 6. The third-order valence-electron chi connectivity index (χ3n) is 4.15. The largest absolute Gasteiger partial charge is 0.381 e. The van der Waals surface area contributed by atoms with E-state index in [1.807, 2.05) is 7.05 Å². The summed E-state index contributed by atoms with van der Waals surface area (Å²) in [6.07, 6.45) is 2.42. The van der Waals surface area contributed by atoms with E-state index in [0.717, 1.165) is 32.2 Å². The monoisotopic (exact) mass is 242 g/mol. The van der Waals surface area contributed by atoms with E-state index < -0.39 is 0 Å². The molecule has 0 spiro atoms. The zero-order chi connectivity index (χ0) is 12.9. The van der Waals surface area contributed by atoms with Gasteiger partial charge in [0.05, 0.1) is 0 Å². The summed E-state index contributed by atoms with van der Waals surface area (Å²) in [4.78, 5) is 0. The van der Waals surface area contributed by atoms with Crippen molar-refractivity contribution in [2.24, 2.45) is 11.3 Å². The number of nitrogens with one attached hydrogen (secondary N) is 2. The molecule has 17 heavy (non-hydrogen) atoms. The van der Waals surface area contributed by atoms with Gasteiger partial charge >= 0.3 is 0 Å². The molecule has 1 aliphatic rings. The van der Waals surface area contributed by atoms with Gasteiger partial charge in [-0.3, -0.25) is 0 Å². The fourth-order valence-corrected chi connectivity index (χ4v) is 2.41. The van der Waals surface area contributed by atoms with Crippen molar-refractivity contribution in [2.45, 2.75) is 46.1 Å². The smallest absolute Gasteiger partial charge is 0.0468 e. The Bertz CT molecular complexity index is 220. The molecule has 0 amide bonds. The van der Waals surface area contributed by atoms with Crippen LogP contribution in [-0.4, -0.2) is 38.9 Å². The van der Waals surface area contributed by atoms with Gasteiger partial charge in [0.15, 0.2) is 0 Å². The van der Waals surface area contributed by atoms with Crippen LogP contribution in [0.5, 0.6) is 0 Å². The molecule has 0 aliphatic carbocycles. The highest BCUT2D eigenvalue weighted by molar-refractivity contribution is 4.85. The Morgan fingerprint density at radius 2 is 1.65 bits per heavy atom. The highest BCUT2D eigenvalue weighted by Gasteiger charge is 2.31. The molecule has 1 aliphatic heterocycles. The van der Waals surface area contributed by atoms with Crippen LogP contribution in [0.3, 0.4) is 0 Å². The first-order valence-electron chi connectivity index (χ1n) is 6.85. The molecule has 0 bridgehead atoms. The van der Waals surface area contributed by atoms with Gasteiger partial charge in [0, 0.05) is 31.8 Å². The lowest BCUT2D eigenvalue weighted by molar-refractivity contribution is 0.0224. The van der Waals surface area contributed by atoms with Crippen molar-refractivity contribution in [3.63, 3.8) is 0 Å². The van der Waals surface area contributed by atoms with E-state index in [1.165, 1.54) is 12.8 Å². The first kappa shape index (κ1) is 14.9. The molecule has 2 N–H and O–H groups in total. The molecule has 3 heteroatoms. The van der Waals surface area contributed by atoms with Crippen molar-refractivity contribution in [1.82, 2.24) is 10.6 Å². The number of likely N-dealkylation sites (N-methyl/N-ethyl adjacent to an activating group) is 1. The van der Waals surface area contributed by atoms with Gasteiger partial charge in [-0.1, -0.05) is 13.8 Å². The van der Waals surface area contributed by atoms with Crippen LogP contribution < -0.4 is 10.6 Å². The highest BCUT2D eigenvalue weighted by Crippen LogP contribution is 2.33. The molecule has 0 aromatic carbocycles. The van der Waals surface area contributed by atoms with Gasteiger partial charge in [0.1, 0.15) is 0 Å². The maximum absolute atomic E-state index is 5.44. The number of ether oxygens (including phenoxy) is 1. The molecule has 0 atom stereocenters. The maximum Gasteiger partial charge on any atom is 0.0468 e. The standard InChI is InChI=1S/C14H30N2O/c1-13(2,12-6-8-17-9-7-12)10-16-11-14(3,4)15-5/h12,15-16H,6-11H2,1-5H3. The Kier molecular flexibility index (Phi) is 5.42. The zero-order valence-corrected chi connectivity index (χ0v) is 12.2. The normalized spacial score (nSPS) is 19.6.